The number of carbonyl (C=O) groups is 2. The highest BCUT2D eigenvalue weighted by Crippen LogP contribution is 2.22. The van der Waals surface area contributed by atoms with Gasteiger partial charge in [0.2, 0.25) is 5.91 Å². The summed E-state index contributed by atoms with van der Waals surface area (Å²) in [6, 6.07) is 2.87. The Morgan fingerprint density at radius 1 is 1.36 bits per heavy atom. The number of hydrogen-bond donors (Lipinski definition) is 2. The minimum absolute atomic E-state index is 0.0785. The molecule has 0 radical (unpaired) electrons. The third-order valence-electron chi connectivity index (χ3n) is 3.03. The quantitative estimate of drug-likeness (QED) is 0.815. The van der Waals surface area contributed by atoms with Gasteiger partial charge in [0.1, 0.15) is 11.0 Å². The molecular formula is C15H17N3O3S. The van der Waals surface area contributed by atoms with Gasteiger partial charge in [0.25, 0.3) is 0 Å². The van der Waals surface area contributed by atoms with Gasteiger partial charge in [0.15, 0.2) is 0 Å². The minimum Gasteiger partial charge on any atom is -0.480 e. The Bertz CT molecular complexity index is 642. The standard InChI is InChI=1S/C15H17N3O3S/c1-2-3-12(15(20)21)18-13(19)8-11-9-22-14(17-11)10-4-6-16-7-5-10/h4-7,9,12H,2-3,8H2,1H3,(H,18,19)(H,20,21). The number of nitrogens with zero attached hydrogens (tertiary/aromatic N) is 2. The van der Waals surface area contributed by atoms with E-state index >= 15 is 0 Å². The molecule has 22 heavy (non-hydrogen) atoms. The van der Waals surface area contributed by atoms with Crippen molar-refractivity contribution in [1.82, 2.24) is 15.3 Å². The van der Waals surface area contributed by atoms with E-state index in [4.69, 9.17) is 5.11 Å². The maximum absolute atomic E-state index is 11.9. The summed E-state index contributed by atoms with van der Waals surface area (Å²) in [5, 5.41) is 14.2. The molecule has 2 N–H and O–H groups in total. The van der Waals surface area contributed by atoms with Crippen molar-refractivity contribution in [2.24, 2.45) is 0 Å². The summed E-state index contributed by atoms with van der Waals surface area (Å²) >= 11 is 1.44. The highest BCUT2D eigenvalue weighted by Gasteiger charge is 2.19. The molecule has 2 rings (SSSR count). The summed E-state index contributed by atoms with van der Waals surface area (Å²) in [6.07, 6.45) is 4.56. The van der Waals surface area contributed by atoms with Gasteiger partial charge in [0, 0.05) is 23.3 Å². The Morgan fingerprint density at radius 3 is 2.73 bits per heavy atom. The second kappa shape index (κ2) is 7.65. The van der Waals surface area contributed by atoms with E-state index in [2.05, 4.69) is 15.3 Å². The van der Waals surface area contributed by atoms with Crippen LogP contribution in [0.25, 0.3) is 10.6 Å². The van der Waals surface area contributed by atoms with E-state index in [9.17, 15) is 9.59 Å². The van der Waals surface area contributed by atoms with Crippen LogP contribution in [0.15, 0.2) is 29.9 Å². The number of aromatic nitrogens is 2. The van der Waals surface area contributed by atoms with Crippen LogP contribution < -0.4 is 5.32 Å². The second-order valence-corrected chi connectivity index (χ2v) is 5.66. The molecule has 0 aliphatic heterocycles. The van der Waals surface area contributed by atoms with E-state index in [0.29, 0.717) is 18.5 Å². The lowest BCUT2D eigenvalue weighted by atomic mass is 10.1. The number of carboxylic acids is 1. The van der Waals surface area contributed by atoms with E-state index in [1.807, 2.05) is 24.4 Å². The number of thiazole rings is 1. The zero-order valence-corrected chi connectivity index (χ0v) is 13.0. The Hall–Kier alpha value is -2.28. The first-order chi connectivity index (χ1) is 10.6. The minimum atomic E-state index is -1.01. The van der Waals surface area contributed by atoms with Crippen LogP contribution in [0.5, 0.6) is 0 Å². The van der Waals surface area contributed by atoms with Gasteiger partial charge in [-0.2, -0.15) is 0 Å². The van der Waals surface area contributed by atoms with Crippen molar-refractivity contribution >= 4 is 23.2 Å². The maximum atomic E-state index is 11.9. The van der Waals surface area contributed by atoms with E-state index in [0.717, 1.165) is 10.6 Å². The number of pyridine rings is 1. The first-order valence-electron chi connectivity index (χ1n) is 6.97. The average molecular weight is 319 g/mol. The van der Waals surface area contributed by atoms with Crippen molar-refractivity contribution in [2.45, 2.75) is 32.2 Å². The molecule has 1 unspecified atom stereocenters. The number of hydrogen-bond acceptors (Lipinski definition) is 5. The highest BCUT2D eigenvalue weighted by atomic mass is 32.1. The van der Waals surface area contributed by atoms with Crippen LogP contribution in [0.2, 0.25) is 0 Å². The molecule has 0 bridgehead atoms. The zero-order chi connectivity index (χ0) is 15.9. The van der Waals surface area contributed by atoms with Crippen molar-refractivity contribution in [3.8, 4) is 10.6 Å². The smallest absolute Gasteiger partial charge is 0.326 e. The lowest BCUT2D eigenvalue weighted by Gasteiger charge is -2.12. The summed E-state index contributed by atoms with van der Waals surface area (Å²) in [5.74, 6) is -1.33. The Balaban J connectivity index is 1.98. The average Bonchev–Trinajstić information content (AvgIpc) is 2.96. The lowest BCUT2D eigenvalue weighted by Crippen LogP contribution is -2.41. The molecule has 0 spiro atoms. The topological polar surface area (TPSA) is 92.2 Å². The molecule has 1 amide bonds. The van der Waals surface area contributed by atoms with Gasteiger partial charge in [-0.05, 0) is 18.6 Å². The zero-order valence-electron chi connectivity index (χ0n) is 12.2. The molecule has 2 aromatic heterocycles. The number of carboxylic acid groups (broad SMARTS) is 1. The molecule has 0 saturated heterocycles. The van der Waals surface area contributed by atoms with Gasteiger partial charge in [-0.3, -0.25) is 9.78 Å². The number of rotatable bonds is 7. The van der Waals surface area contributed by atoms with E-state index in [-0.39, 0.29) is 12.3 Å². The molecule has 0 aromatic carbocycles. The van der Waals surface area contributed by atoms with Crippen LogP contribution in [0.1, 0.15) is 25.5 Å². The first-order valence-corrected chi connectivity index (χ1v) is 7.85. The third-order valence-corrected chi connectivity index (χ3v) is 3.97. The molecule has 0 saturated carbocycles. The van der Waals surface area contributed by atoms with Crippen LogP contribution in [0, 0.1) is 0 Å². The Kier molecular flexibility index (Phi) is 5.60. The van der Waals surface area contributed by atoms with Gasteiger partial charge >= 0.3 is 5.97 Å². The molecule has 2 heterocycles. The van der Waals surface area contributed by atoms with Gasteiger partial charge in [-0.1, -0.05) is 13.3 Å². The largest absolute Gasteiger partial charge is 0.480 e. The number of amides is 1. The molecule has 7 heteroatoms. The van der Waals surface area contributed by atoms with E-state index < -0.39 is 12.0 Å². The van der Waals surface area contributed by atoms with Crippen molar-refractivity contribution in [2.75, 3.05) is 0 Å². The number of carbonyl (C=O) groups excluding carboxylic acids is 1. The van der Waals surface area contributed by atoms with Crippen LogP contribution in [0.3, 0.4) is 0 Å². The van der Waals surface area contributed by atoms with Gasteiger partial charge < -0.3 is 10.4 Å². The summed E-state index contributed by atoms with van der Waals surface area (Å²) < 4.78 is 0. The fraction of sp³-hybridized carbons (Fsp3) is 0.333. The monoisotopic (exact) mass is 319 g/mol. The highest BCUT2D eigenvalue weighted by molar-refractivity contribution is 7.13. The predicted molar refractivity (Wildman–Crippen MR) is 83.5 cm³/mol. The summed E-state index contributed by atoms with van der Waals surface area (Å²) in [5.41, 5.74) is 1.58. The van der Waals surface area contributed by atoms with Crippen LogP contribution in [0.4, 0.5) is 0 Å². The van der Waals surface area contributed by atoms with E-state index in [1.54, 1.807) is 12.4 Å². The predicted octanol–water partition coefficient (Wildman–Crippen LogP) is 2.12. The SMILES string of the molecule is CCCC(NC(=O)Cc1csc(-c2ccncc2)n1)C(=O)O. The molecule has 6 nitrogen and oxygen atoms in total. The number of aliphatic carboxylic acids is 1. The van der Waals surface area contributed by atoms with Crippen LogP contribution >= 0.6 is 11.3 Å². The van der Waals surface area contributed by atoms with Crippen LogP contribution in [-0.4, -0.2) is 33.0 Å². The van der Waals surface area contributed by atoms with Crippen molar-refractivity contribution in [3.05, 3.63) is 35.6 Å². The Labute approximate surface area is 132 Å². The summed E-state index contributed by atoms with van der Waals surface area (Å²) in [6.45, 7) is 1.88. The Morgan fingerprint density at radius 2 is 2.09 bits per heavy atom. The summed E-state index contributed by atoms with van der Waals surface area (Å²) in [7, 11) is 0. The molecule has 0 aliphatic rings. The molecular weight excluding hydrogens is 302 g/mol. The molecule has 2 aromatic rings. The molecule has 0 aliphatic carbocycles. The van der Waals surface area contributed by atoms with E-state index in [1.165, 1.54) is 11.3 Å². The third kappa shape index (κ3) is 4.36. The van der Waals surface area contributed by atoms with Gasteiger partial charge in [-0.15, -0.1) is 11.3 Å². The van der Waals surface area contributed by atoms with Gasteiger partial charge in [-0.25, -0.2) is 9.78 Å². The van der Waals surface area contributed by atoms with Crippen molar-refractivity contribution in [1.29, 1.82) is 0 Å². The normalized spacial score (nSPS) is 11.9. The number of nitrogens with one attached hydrogen (secondary N) is 1. The second-order valence-electron chi connectivity index (χ2n) is 4.80. The van der Waals surface area contributed by atoms with Crippen LogP contribution in [-0.2, 0) is 16.0 Å². The summed E-state index contributed by atoms with van der Waals surface area (Å²) in [4.78, 5) is 31.3. The van der Waals surface area contributed by atoms with Crippen molar-refractivity contribution in [3.63, 3.8) is 0 Å². The van der Waals surface area contributed by atoms with Crippen molar-refractivity contribution < 1.29 is 14.7 Å². The molecule has 116 valence electrons. The maximum Gasteiger partial charge on any atom is 0.326 e. The molecule has 1 atom stereocenters. The lowest BCUT2D eigenvalue weighted by molar-refractivity contribution is -0.141. The first kappa shape index (κ1) is 16.1. The molecule has 0 fully saturated rings. The fourth-order valence-electron chi connectivity index (χ4n) is 1.97. The van der Waals surface area contributed by atoms with Gasteiger partial charge in [0.05, 0.1) is 12.1 Å². The fourth-order valence-corrected chi connectivity index (χ4v) is 2.80.